The molecular formula is C28H20ClN3O4. The molecule has 0 saturated heterocycles. The second kappa shape index (κ2) is 8.70. The lowest BCUT2D eigenvalue weighted by molar-refractivity contribution is 0.0660. The molecule has 8 heteroatoms. The molecule has 1 atom stereocenters. The molecule has 0 aliphatic carbocycles. The number of aromatic nitrogens is 1. The van der Waals surface area contributed by atoms with Gasteiger partial charge >= 0.3 is 5.91 Å². The van der Waals surface area contributed by atoms with Crippen LogP contribution in [0.5, 0.6) is 0 Å². The Labute approximate surface area is 210 Å². The van der Waals surface area contributed by atoms with E-state index in [0.717, 1.165) is 22.0 Å². The van der Waals surface area contributed by atoms with Gasteiger partial charge in [-0.1, -0.05) is 41.9 Å². The second-order valence-electron chi connectivity index (χ2n) is 8.55. The van der Waals surface area contributed by atoms with E-state index in [2.05, 4.69) is 0 Å². The van der Waals surface area contributed by atoms with Crippen LogP contribution in [0, 0.1) is 0 Å². The van der Waals surface area contributed by atoms with E-state index in [-0.39, 0.29) is 11.3 Å². The van der Waals surface area contributed by atoms with E-state index in [4.69, 9.17) is 25.5 Å². The Morgan fingerprint density at radius 2 is 1.69 bits per heavy atom. The summed E-state index contributed by atoms with van der Waals surface area (Å²) >= 11 is 6.17. The smallest absolute Gasteiger partial charge is 0.310 e. The molecule has 0 bridgehead atoms. The van der Waals surface area contributed by atoms with Crippen LogP contribution in [0.1, 0.15) is 34.3 Å². The predicted molar refractivity (Wildman–Crippen MR) is 137 cm³/mol. The Bertz CT molecular complexity index is 1670. The van der Waals surface area contributed by atoms with E-state index >= 15 is 0 Å². The Morgan fingerprint density at radius 1 is 0.944 bits per heavy atom. The van der Waals surface area contributed by atoms with Crippen LogP contribution in [-0.2, 0) is 7.05 Å². The monoisotopic (exact) mass is 497 g/mol. The van der Waals surface area contributed by atoms with Gasteiger partial charge in [-0.3, -0.25) is 9.59 Å². The molecule has 7 nitrogen and oxygen atoms in total. The third-order valence-corrected chi connectivity index (χ3v) is 6.70. The van der Waals surface area contributed by atoms with Gasteiger partial charge in [0.15, 0.2) is 5.76 Å². The number of carbonyl (C=O) groups is 1. The molecule has 36 heavy (non-hydrogen) atoms. The SMILES string of the molecule is Cn1c(=O)c(C2=NN(C(=O)c3ccco3)[C@@H](c3ccco3)C2)c(-c2ccc(Cl)cc2)c2ccccc21. The quantitative estimate of drug-likeness (QED) is 0.303. The largest absolute Gasteiger partial charge is 0.467 e. The van der Waals surface area contributed by atoms with Crippen molar-refractivity contribution < 1.29 is 13.6 Å². The number of hydrazone groups is 1. The Kier molecular flexibility index (Phi) is 5.34. The van der Waals surface area contributed by atoms with Gasteiger partial charge in [-0.2, -0.15) is 5.10 Å². The van der Waals surface area contributed by atoms with Crippen LogP contribution in [0.4, 0.5) is 0 Å². The topological polar surface area (TPSA) is 81.0 Å². The zero-order chi connectivity index (χ0) is 24.8. The molecule has 2 aromatic carbocycles. The Balaban J connectivity index is 1.60. The maximum atomic E-state index is 13.8. The van der Waals surface area contributed by atoms with Gasteiger partial charge in [0.25, 0.3) is 5.56 Å². The first kappa shape index (κ1) is 22.1. The molecule has 0 fully saturated rings. The Morgan fingerprint density at radius 3 is 2.42 bits per heavy atom. The highest BCUT2D eigenvalue weighted by Gasteiger charge is 2.38. The van der Waals surface area contributed by atoms with Crippen molar-refractivity contribution in [1.82, 2.24) is 9.58 Å². The minimum absolute atomic E-state index is 0.154. The number of pyridine rings is 1. The number of amides is 1. The number of fused-ring (bicyclic) bond motifs is 1. The van der Waals surface area contributed by atoms with Gasteiger partial charge in [0.05, 0.1) is 29.3 Å². The molecule has 4 heterocycles. The molecule has 0 saturated carbocycles. The molecule has 0 radical (unpaired) electrons. The molecule has 5 aromatic rings. The van der Waals surface area contributed by atoms with Crippen molar-refractivity contribution in [3.05, 3.63) is 118 Å². The molecular weight excluding hydrogens is 478 g/mol. The lowest BCUT2D eigenvalue weighted by atomic mass is 9.91. The van der Waals surface area contributed by atoms with Crippen molar-refractivity contribution >= 4 is 34.1 Å². The molecule has 178 valence electrons. The van der Waals surface area contributed by atoms with Crippen LogP contribution in [-0.4, -0.2) is 21.2 Å². The summed E-state index contributed by atoms with van der Waals surface area (Å²) < 4.78 is 12.6. The summed E-state index contributed by atoms with van der Waals surface area (Å²) in [4.78, 5) is 27.2. The molecule has 1 aliphatic rings. The number of hydrogen-bond acceptors (Lipinski definition) is 5. The van der Waals surface area contributed by atoms with Gasteiger partial charge in [0, 0.05) is 29.4 Å². The van der Waals surface area contributed by atoms with Crippen LogP contribution in [0.25, 0.3) is 22.0 Å². The van der Waals surface area contributed by atoms with Gasteiger partial charge < -0.3 is 13.4 Å². The van der Waals surface area contributed by atoms with Gasteiger partial charge in [-0.15, -0.1) is 0 Å². The number of furan rings is 2. The van der Waals surface area contributed by atoms with Crippen LogP contribution in [0.15, 0.2) is 104 Å². The molecule has 1 aliphatic heterocycles. The van der Waals surface area contributed by atoms with Crippen LogP contribution >= 0.6 is 11.6 Å². The second-order valence-corrected chi connectivity index (χ2v) is 8.98. The first-order valence-electron chi connectivity index (χ1n) is 11.4. The highest BCUT2D eigenvalue weighted by atomic mass is 35.5. The highest BCUT2D eigenvalue weighted by molar-refractivity contribution is 6.30. The van der Waals surface area contributed by atoms with Gasteiger partial charge in [0.2, 0.25) is 0 Å². The number of aryl methyl sites for hydroxylation is 1. The lowest BCUT2D eigenvalue weighted by Gasteiger charge is -2.18. The van der Waals surface area contributed by atoms with Crippen LogP contribution in [0.3, 0.4) is 0 Å². The maximum absolute atomic E-state index is 13.8. The minimum Gasteiger partial charge on any atom is -0.467 e. The summed E-state index contributed by atoms with van der Waals surface area (Å²) in [5, 5.41) is 7.54. The molecule has 0 unspecified atom stereocenters. The number of para-hydroxylation sites is 1. The predicted octanol–water partition coefficient (Wildman–Crippen LogP) is 6.04. The van der Waals surface area contributed by atoms with Gasteiger partial charge in [-0.25, -0.2) is 5.01 Å². The fourth-order valence-electron chi connectivity index (χ4n) is 4.74. The zero-order valence-corrected chi connectivity index (χ0v) is 20.0. The van der Waals surface area contributed by atoms with Gasteiger partial charge in [-0.05, 0) is 48.0 Å². The number of halogens is 1. The van der Waals surface area contributed by atoms with E-state index < -0.39 is 11.9 Å². The lowest BCUT2D eigenvalue weighted by Crippen LogP contribution is -2.26. The third kappa shape index (κ3) is 3.56. The fourth-order valence-corrected chi connectivity index (χ4v) is 4.87. The summed E-state index contributed by atoms with van der Waals surface area (Å²) in [5.41, 5.74) is 3.09. The first-order chi connectivity index (χ1) is 17.5. The Hall–Kier alpha value is -4.36. The van der Waals surface area contributed by atoms with Crippen molar-refractivity contribution in [2.45, 2.75) is 12.5 Å². The minimum atomic E-state index is -0.526. The van der Waals surface area contributed by atoms with E-state index in [9.17, 15) is 9.59 Å². The van der Waals surface area contributed by atoms with Crippen molar-refractivity contribution in [3.63, 3.8) is 0 Å². The van der Waals surface area contributed by atoms with Crippen LogP contribution in [0.2, 0.25) is 5.02 Å². The average molecular weight is 498 g/mol. The van der Waals surface area contributed by atoms with E-state index in [0.29, 0.717) is 28.5 Å². The normalized spacial score (nSPS) is 15.4. The van der Waals surface area contributed by atoms with Crippen molar-refractivity contribution in [2.24, 2.45) is 12.1 Å². The highest BCUT2D eigenvalue weighted by Crippen LogP contribution is 2.38. The summed E-state index contributed by atoms with van der Waals surface area (Å²) in [6.07, 6.45) is 3.29. The molecule has 0 spiro atoms. The number of hydrogen-bond donors (Lipinski definition) is 0. The average Bonchev–Trinajstić information content (AvgIpc) is 3.68. The third-order valence-electron chi connectivity index (χ3n) is 6.45. The summed E-state index contributed by atoms with van der Waals surface area (Å²) in [6, 6.07) is 21.4. The van der Waals surface area contributed by atoms with Crippen molar-refractivity contribution in [3.8, 4) is 11.1 Å². The maximum Gasteiger partial charge on any atom is 0.310 e. The molecule has 6 rings (SSSR count). The van der Waals surface area contributed by atoms with Crippen molar-refractivity contribution in [1.29, 1.82) is 0 Å². The molecule has 1 amide bonds. The summed E-state index contributed by atoms with van der Waals surface area (Å²) in [6.45, 7) is 0. The van der Waals surface area contributed by atoms with E-state index in [1.807, 2.05) is 36.4 Å². The molecule has 3 aromatic heterocycles. The molecule has 0 N–H and O–H groups in total. The van der Waals surface area contributed by atoms with Gasteiger partial charge in [0.1, 0.15) is 11.8 Å². The standard InChI is InChI=1S/C28H20ClN3O4/c1-31-21-7-3-2-6-19(21)25(17-10-12-18(29)13-11-17)26(28(31)34)20-16-22(23-8-4-14-35-23)32(30-20)27(33)24-9-5-15-36-24/h2-15,22H,16H2,1H3/t22-/m1/s1. The van der Waals surface area contributed by atoms with Crippen LogP contribution < -0.4 is 5.56 Å². The fraction of sp³-hybridized carbons (Fsp3) is 0.107. The summed E-state index contributed by atoms with van der Waals surface area (Å²) in [7, 11) is 1.74. The van der Waals surface area contributed by atoms with E-state index in [1.54, 1.807) is 54.3 Å². The van der Waals surface area contributed by atoms with Crippen molar-refractivity contribution in [2.75, 3.05) is 0 Å². The number of carbonyl (C=O) groups excluding carboxylic acids is 1. The number of benzene rings is 2. The van der Waals surface area contributed by atoms with E-state index in [1.165, 1.54) is 11.3 Å². The summed E-state index contributed by atoms with van der Waals surface area (Å²) in [5.74, 6) is 0.308. The number of nitrogens with zero attached hydrogens (tertiary/aromatic N) is 3. The first-order valence-corrected chi connectivity index (χ1v) is 11.8. The number of rotatable bonds is 4. The zero-order valence-electron chi connectivity index (χ0n) is 19.2.